The van der Waals surface area contributed by atoms with Crippen molar-refractivity contribution in [2.45, 2.75) is 19.4 Å². The first-order valence-electron chi connectivity index (χ1n) is 4.98. The molecule has 0 aliphatic heterocycles. The van der Waals surface area contributed by atoms with Crippen LogP contribution in [-0.4, -0.2) is 23.0 Å². The molecule has 1 amide bonds. The average molecular weight is 301 g/mol. The van der Waals surface area contributed by atoms with E-state index in [9.17, 15) is 9.59 Å². The SMILES string of the molecule is CC(CC(=O)O)NC(=O)c1ccc(Br)cc1N. The monoisotopic (exact) mass is 300 g/mol. The second-order valence-electron chi connectivity index (χ2n) is 3.70. The van der Waals surface area contributed by atoms with E-state index in [2.05, 4.69) is 21.2 Å². The summed E-state index contributed by atoms with van der Waals surface area (Å²) >= 11 is 3.24. The summed E-state index contributed by atoms with van der Waals surface area (Å²) in [6.07, 6.45) is -0.123. The second kappa shape index (κ2) is 5.67. The first-order valence-corrected chi connectivity index (χ1v) is 5.77. The third-order valence-corrected chi connectivity index (χ3v) is 2.61. The molecule has 1 unspecified atom stereocenters. The molecule has 0 saturated heterocycles. The number of nitrogens with one attached hydrogen (secondary N) is 1. The lowest BCUT2D eigenvalue weighted by atomic mass is 10.1. The molecule has 0 spiro atoms. The maximum Gasteiger partial charge on any atom is 0.305 e. The smallest absolute Gasteiger partial charge is 0.305 e. The third-order valence-electron chi connectivity index (χ3n) is 2.12. The first-order chi connectivity index (χ1) is 7.90. The summed E-state index contributed by atoms with van der Waals surface area (Å²) in [6.45, 7) is 1.63. The molecule has 0 radical (unpaired) electrons. The van der Waals surface area contributed by atoms with Gasteiger partial charge in [0.15, 0.2) is 0 Å². The summed E-state index contributed by atoms with van der Waals surface area (Å²) in [5.74, 6) is -1.33. The Balaban J connectivity index is 2.73. The number of nitrogens with two attached hydrogens (primary N) is 1. The highest BCUT2D eigenvalue weighted by Gasteiger charge is 2.14. The molecule has 5 nitrogen and oxygen atoms in total. The quantitative estimate of drug-likeness (QED) is 0.737. The van der Waals surface area contributed by atoms with E-state index >= 15 is 0 Å². The van der Waals surface area contributed by atoms with Crippen molar-refractivity contribution in [2.75, 3.05) is 5.73 Å². The summed E-state index contributed by atoms with van der Waals surface area (Å²) in [4.78, 5) is 22.2. The maximum absolute atomic E-state index is 11.8. The van der Waals surface area contributed by atoms with E-state index < -0.39 is 12.0 Å². The van der Waals surface area contributed by atoms with Gasteiger partial charge in [0.1, 0.15) is 0 Å². The van der Waals surface area contributed by atoms with E-state index in [-0.39, 0.29) is 12.3 Å². The topological polar surface area (TPSA) is 92.4 Å². The van der Waals surface area contributed by atoms with Gasteiger partial charge in [0.2, 0.25) is 0 Å². The molecular weight excluding hydrogens is 288 g/mol. The van der Waals surface area contributed by atoms with Crippen LogP contribution >= 0.6 is 15.9 Å². The number of anilines is 1. The number of nitrogen functional groups attached to an aromatic ring is 1. The lowest BCUT2D eigenvalue weighted by molar-refractivity contribution is -0.137. The van der Waals surface area contributed by atoms with Gasteiger partial charge in [0.25, 0.3) is 5.91 Å². The summed E-state index contributed by atoms with van der Waals surface area (Å²) in [7, 11) is 0. The third kappa shape index (κ3) is 4.07. The van der Waals surface area contributed by atoms with Gasteiger partial charge in [-0.15, -0.1) is 0 Å². The lowest BCUT2D eigenvalue weighted by Gasteiger charge is -2.12. The Morgan fingerprint density at radius 1 is 1.53 bits per heavy atom. The Bertz CT molecular complexity index is 448. The zero-order chi connectivity index (χ0) is 13.0. The molecule has 0 heterocycles. The zero-order valence-electron chi connectivity index (χ0n) is 9.24. The molecule has 17 heavy (non-hydrogen) atoms. The highest BCUT2D eigenvalue weighted by molar-refractivity contribution is 9.10. The predicted molar refractivity (Wildman–Crippen MR) is 67.7 cm³/mol. The van der Waals surface area contributed by atoms with Crippen molar-refractivity contribution < 1.29 is 14.7 Å². The van der Waals surface area contributed by atoms with Crippen LogP contribution in [0.1, 0.15) is 23.7 Å². The van der Waals surface area contributed by atoms with Crippen LogP contribution in [0.5, 0.6) is 0 Å². The van der Waals surface area contributed by atoms with Crippen molar-refractivity contribution in [3.8, 4) is 0 Å². The van der Waals surface area contributed by atoms with E-state index in [1.54, 1.807) is 25.1 Å². The van der Waals surface area contributed by atoms with E-state index in [4.69, 9.17) is 10.8 Å². The molecule has 0 fully saturated rings. The van der Waals surface area contributed by atoms with Gasteiger partial charge in [0, 0.05) is 16.2 Å². The fourth-order valence-electron chi connectivity index (χ4n) is 1.35. The number of carbonyl (C=O) groups is 2. The number of carboxylic acid groups (broad SMARTS) is 1. The Morgan fingerprint density at radius 2 is 2.18 bits per heavy atom. The average Bonchev–Trinajstić information content (AvgIpc) is 2.15. The van der Waals surface area contributed by atoms with Crippen molar-refractivity contribution in [3.63, 3.8) is 0 Å². The summed E-state index contributed by atoms with van der Waals surface area (Å²) in [6, 6.07) is 4.47. The number of carboxylic acids is 1. The fourth-order valence-corrected chi connectivity index (χ4v) is 1.73. The minimum Gasteiger partial charge on any atom is -0.481 e. The minimum absolute atomic E-state index is 0.123. The number of carbonyl (C=O) groups excluding carboxylic acids is 1. The number of rotatable bonds is 4. The number of aliphatic carboxylic acids is 1. The van der Waals surface area contributed by atoms with Crippen LogP contribution in [0.15, 0.2) is 22.7 Å². The molecule has 1 atom stereocenters. The van der Waals surface area contributed by atoms with Crippen molar-refractivity contribution >= 4 is 33.5 Å². The minimum atomic E-state index is -0.957. The molecular formula is C11H13BrN2O3. The van der Waals surface area contributed by atoms with Crippen LogP contribution in [-0.2, 0) is 4.79 Å². The molecule has 0 bridgehead atoms. The molecule has 1 rings (SSSR count). The fraction of sp³-hybridized carbons (Fsp3) is 0.273. The molecule has 1 aromatic rings. The van der Waals surface area contributed by atoms with Crippen molar-refractivity contribution in [2.24, 2.45) is 0 Å². The van der Waals surface area contributed by atoms with Gasteiger partial charge in [-0.3, -0.25) is 9.59 Å². The highest BCUT2D eigenvalue weighted by Crippen LogP contribution is 2.18. The van der Waals surface area contributed by atoms with E-state index in [0.29, 0.717) is 11.3 Å². The molecule has 6 heteroatoms. The molecule has 0 aliphatic rings. The Hall–Kier alpha value is -1.56. The summed E-state index contributed by atoms with van der Waals surface area (Å²) in [5, 5.41) is 11.1. The molecule has 0 aromatic heterocycles. The number of hydrogen-bond donors (Lipinski definition) is 3. The van der Waals surface area contributed by atoms with Gasteiger partial charge in [0.05, 0.1) is 12.0 Å². The summed E-state index contributed by atoms with van der Waals surface area (Å²) < 4.78 is 0.783. The lowest BCUT2D eigenvalue weighted by Crippen LogP contribution is -2.34. The largest absolute Gasteiger partial charge is 0.481 e. The molecule has 92 valence electrons. The van der Waals surface area contributed by atoms with Gasteiger partial charge in [-0.25, -0.2) is 0 Å². The maximum atomic E-state index is 11.8. The number of halogens is 1. The predicted octanol–water partition coefficient (Wildman–Crippen LogP) is 1.62. The van der Waals surface area contributed by atoms with Gasteiger partial charge >= 0.3 is 5.97 Å². The van der Waals surface area contributed by atoms with Gasteiger partial charge in [-0.05, 0) is 25.1 Å². The van der Waals surface area contributed by atoms with Crippen LogP contribution in [0.25, 0.3) is 0 Å². The standard InChI is InChI=1S/C11H13BrN2O3/c1-6(4-10(15)16)14-11(17)8-3-2-7(12)5-9(8)13/h2-3,5-6H,4,13H2,1H3,(H,14,17)(H,15,16). The van der Waals surface area contributed by atoms with E-state index in [1.807, 2.05) is 0 Å². The van der Waals surface area contributed by atoms with Crippen LogP contribution in [0, 0.1) is 0 Å². The van der Waals surface area contributed by atoms with Gasteiger partial charge in [-0.2, -0.15) is 0 Å². The van der Waals surface area contributed by atoms with Gasteiger partial charge < -0.3 is 16.2 Å². The second-order valence-corrected chi connectivity index (χ2v) is 4.62. The van der Waals surface area contributed by atoms with E-state index in [0.717, 1.165) is 4.47 Å². The zero-order valence-corrected chi connectivity index (χ0v) is 10.8. The van der Waals surface area contributed by atoms with Crippen LogP contribution in [0.2, 0.25) is 0 Å². The Morgan fingerprint density at radius 3 is 2.71 bits per heavy atom. The number of hydrogen-bond acceptors (Lipinski definition) is 3. The Kier molecular flexibility index (Phi) is 4.51. The van der Waals surface area contributed by atoms with E-state index in [1.165, 1.54) is 0 Å². The number of benzene rings is 1. The van der Waals surface area contributed by atoms with Crippen molar-refractivity contribution in [1.82, 2.24) is 5.32 Å². The Labute approximate surface area is 107 Å². The van der Waals surface area contributed by atoms with Crippen LogP contribution in [0.4, 0.5) is 5.69 Å². The molecule has 1 aromatic carbocycles. The van der Waals surface area contributed by atoms with Gasteiger partial charge in [-0.1, -0.05) is 15.9 Å². The first kappa shape index (κ1) is 13.5. The molecule has 0 saturated carbocycles. The normalized spacial score (nSPS) is 11.9. The van der Waals surface area contributed by atoms with Crippen molar-refractivity contribution in [3.05, 3.63) is 28.2 Å². The van der Waals surface area contributed by atoms with Crippen LogP contribution < -0.4 is 11.1 Å². The molecule has 4 N–H and O–H groups in total. The van der Waals surface area contributed by atoms with Crippen molar-refractivity contribution in [1.29, 1.82) is 0 Å². The highest BCUT2D eigenvalue weighted by atomic mass is 79.9. The number of amides is 1. The molecule has 0 aliphatic carbocycles. The summed E-state index contributed by atoms with van der Waals surface area (Å²) in [5.41, 5.74) is 6.38. The van der Waals surface area contributed by atoms with Crippen LogP contribution in [0.3, 0.4) is 0 Å².